The van der Waals surface area contributed by atoms with Crippen molar-refractivity contribution in [3.63, 3.8) is 0 Å². The summed E-state index contributed by atoms with van der Waals surface area (Å²) in [4.78, 5) is 25.4. The summed E-state index contributed by atoms with van der Waals surface area (Å²) in [6.45, 7) is 18.4. The van der Waals surface area contributed by atoms with Crippen LogP contribution in [0.1, 0.15) is 54.0 Å². The summed E-state index contributed by atoms with van der Waals surface area (Å²) < 4.78 is 32.5. The van der Waals surface area contributed by atoms with E-state index < -0.39 is 43.0 Å². The molecule has 10 heteroatoms. The molecule has 1 aliphatic heterocycles. The van der Waals surface area contributed by atoms with Gasteiger partial charge in [-0.25, -0.2) is 9.18 Å². The second-order valence-electron chi connectivity index (χ2n) is 11.4. The van der Waals surface area contributed by atoms with E-state index in [1.807, 2.05) is 6.92 Å². The lowest BCUT2D eigenvalue weighted by Gasteiger charge is -2.45. The molecule has 0 unspecified atom stereocenters. The first-order valence-corrected chi connectivity index (χ1v) is 14.7. The van der Waals surface area contributed by atoms with Crippen molar-refractivity contribution in [1.82, 2.24) is 4.90 Å². The molecule has 1 aromatic carbocycles. The first-order chi connectivity index (χ1) is 15.9. The monoisotopic (exact) mass is 510 g/mol. The molecule has 0 radical (unpaired) electrons. The van der Waals surface area contributed by atoms with Gasteiger partial charge < -0.3 is 13.9 Å². The maximum atomic E-state index is 14.3. The molecule has 1 saturated heterocycles. The normalized spacial score (nSPS) is 21.9. The molecule has 1 fully saturated rings. The Balaban J connectivity index is 2.31. The molecular weight excluding hydrogens is 471 g/mol. The maximum Gasteiger partial charge on any atom is 0.410 e. The zero-order valence-electron chi connectivity index (χ0n) is 22.3. The fraction of sp³-hybridized carbons (Fsp3) is 0.640. The quantitative estimate of drug-likeness (QED) is 0.258. The van der Waals surface area contributed by atoms with Crippen LogP contribution in [0.2, 0.25) is 18.1 Å². The Morgan fingerprint density at radius 2 is 1.91 bits per heavy atom. The predicted molar refractivity (Wildman–Crippen MR) is 136 cm³/mol. The minimum absolute atomic E-state index is 0.00224. The van der Waals surface area contributed by atoms with Crippen LogP contribution in [-0.4, -0.2) is 61.2 Å². The highest BCUT2D eigenvalue weighted by molar-refractivity contribution is 6.74. The summed E-state index contributed by atoms with van der Waals surface area (Å²) in [5.41, 5.74) is -1.17. The number of nitro groups is 1. The molecule has 0 spiro atoms. The predicted octanol–water partition coefficient (Wildman–Crippen LogP) is 6.16. The van der Waals surface area contributed by atoms with Gasteiger partial charge in [-0.3, -0.25) is 15.0 Å². The minimum atomic E-state index is -2.08. The Hall–Kier alpha value is -2.30. The van der Waals surface area contributed by atoms with Crippen LogP contribution in [0.25, 0.3) is 6.08 Å². The number of nitrogens with zero attached hydrogens (tertiary/aromatic N) is 2. The van der Waals surface area contributed by atoms with Crippen molar-refractivity contribution in [1.29, 1.82) is 0 Å². The van der Waals surface area contributed by atoms with Crippen LogP contribution in [0.3, 0.4) is 0 Å². The van der Waals surface area contributed by atoms with E-state index in [4.69, 9.17) is 13.9 Å². The summed E-state index contributed by atoms with van der Waals surface area (Å²) in [6, 6.07) is 3.32. The van der Waals surface area contributed by atoms with Crippen LogP contribution in [-0.2, 0) is 13.9 Å². The van der Waals surface area contributed by atoms with E-state index in [0.29, 0.717) is 6.61 Å². The van der Waals surface area contributed by atoms with Gasteiger partial charge in [0, 0.05) is 6.07 Å². The molecule has 1 amide bonds. The zero-order valence-corrected chi connectivity index (χ0v) is 23.3. The molecule has 3 atom stereocenters. The van der Waals surface area contributed by atoms with Gasteiger partial charge in [-0.1, -0.05) is 32.9 Å². The molecule has 196 valence electrons. The number of carbonyl (C=O) groups excluding carboxylic acids is 1. The van der Waals surface area contributed by atoms with Gasteiger partial charge in [0.1, 0.15) is 11.4 Å². The number of nitro benzene ring substituents is 1. The Kier molecular flexibility index (Phi) is 8.89. The van der Waals surface area contributed by atoms with Gasteiger partial charge >= 0.3 is 6.09 Å². The van der Waals surface area contributed by atoms with Crippen molar-refractivity contribution < 1.29 is 28.0 Å². The average Bonchev–Trinajstić information content (AvgIpc) is 2.69. The highest BCUT2D eigenvalue weighted by Gasteiger charge is 2.42. The Bertz CT molecular complexity index is 954. The Morgan fingerprint density at radius 3 is 2.46 bits per heavy atom. The summed E-state index contributed by atoms with van der Waals surface area (Å²) in [5, 5.41) is 11.3. The fourth-order valence-electron chi connectivity index (χ4n) is 3.42. The van der Waals surface area contributed by atoms with Crippen molar-refractivity contribution >= 4 is 26.2 Å². The van der Waals surface area contributed by atoms with Gasteiger partial charge in [0.15, 0.2) is 8.32 Å². The van der Waals surface area contributed by atoms with Gasteiger partial charge in [0.25, 0.3) is 5.69 Å². The van der Waals surface area contributed by atoms with E-state index in [1.54, 1.807) is 31.7 Å². The summed E-state index contributed by atoms with van der Waals surface area (Å²) in [5.74, 6) is -0.705. The highest BCUT2D eigenvalue weighted by atomic mass is 28.4. The van der Waals surface area contributed by atoms with Crippen LogP contribution in [0.5, 0.6) is 0 Å². The summed E-state index contributed by atoms with van der Waals surface area (Å²) >= 11 is 0. The standard InChI is InChI=1S/C25H39FN2O6Si/c1-17-22(16-32-35(8,9)25(5,6)7)27(23(29)34-24(2,3)4)15-18(33-17)13-14-19-20(26)11-10-12-21(19)28(30)31/h10-14,17-18,22H,15-16H2,1-9H3/t17-,18+,22+/m0/s1. The van der Waals surface area contributed by atoms with Gasteiger partial charge in [-0.2, -0.15) is 0 Å². The average molecular weight is 511 g/mol. The number of rotatable bonds is 6. The van der Waals surface area contributed by atoms with Crippen molar-refractivity contribution in [2.75, 3.05) is 13.2 Å². The molecule has 0 N–H and O–H groups in total. The smallest absolute Gasteiger partial charge is 0.410 e. The van der Waals surface area contributed by atoms with Crippen LogP contribution in [0.15, 0.2) is 24.3 Å². The molecule has 0 saturated carbocycles. The van der Waals surface area contributed by atoms with Gasteiger partial charge in [0.2, 0.25) is 0 Å². The number of hydrogen-bond acceptors (Lipinski definition) is 6. The molecular formula is C25H39FN2O6Si. The molecule has 0 aliphatic carbocycles. The van der Waals surface area contributed by atoms with Gasteiger partial charge in [-0.15, -0.1) is 0 Å². The number of amides is 1. The van der Waals surface area contributed by atoms with Crippen LogP contribution < -0.4 is 0 Å². The summed E-state index contributed by atoms with van der Waals surface area (Å²) in [7, 11) is -2.08. The Morgan fingerprint density at radius 1 is 1.29 bits per heavy atom. The van der Waals surface area contributed by atoms with E-state index in [2.05, 4.69) is 33.9 Å². The van der Waals surface area contributed by atoms with Gasteiger partial charge in [0.05, 0.1) is 41.9 Å². The van der Waals surface area contributed by atoms with Crippen LogP contribution >= 0.6 is 0 Å². The molecule has 1 heterocycles. The van der Waals surface area contributed by atoms with E-state index in [-0.39, 0.29) is 28.9 Å². The number of benzene rings is 1. The van der Waals surface area contributed by atoms with E-state index in [0.717, 1.165) is 6.07 Å². The number of carbonyl (C=O) groups is 1. The largest absolute Gasteiger partial charge is 0.444 e. The topological polar surface area (TPSA) is 91.1 Å². The first-order valence-electron chi connectivity index (χ1n) is 11.8. The lowest BCUT2D eigenvalue weighted by molar-refractivity contribution is -0.385. The fourth-order valence-corrected chi connectivity index (χ4v) is 4.44. The second kappa shape index (κ2) is 10.8. The third kappa shape index (κ3) is 7.59. The molecule has 0 bridgehead atoms. The summed E-state index contributed by atoms with van der Waals surface area (Å²) in [6.07, 6.45) is 1.37. The number of ether oxygens (including phenoxy) is 2. The van der Waals surface area contributed by atoms with E-state index >= 15 is 0 Å². The number of morpholine rings is 1. The number of halogens is 1. The molecule has 1 aliphatic rings. The van der Waals surface area contributed by atoms with Crippen LogP contribution in [0, 0.1) is 15.9 Å². The molecule has 8 nitrogen and oxygen atoms in total. The molecule has 2 rings (SSSR count). The van der Waals surface area contributed by atoms with Crippen LogP contribution in [0.4, 0.5) is 14.9 Å². The lowest BCUT2D eigenvalue weighted by atomic mass is 10.1. The second-order valence-corrected chi connectivity index (χ2v) is 16.2. The third-order valence-corrected chi connectivity index (χ3v) is 11.0. The van der Waals surface area contributed by atoms with Gasteiger partial charge in [-0.05, 0) is 58.0 Å². The molecule has 0 aromatic heterocycles. The van der Waals surface area contributed by atoms with Crippen molar-refractivity contribution in [2.24, 2.45) is 0 Å². The minimum Gasteiger partial charge on any atom is -0.444 e. The SMILES string of the molecule is C[C@@H]1O[C@H](C=Cc2c(F)cccc2[N+](=O)[O-])CN(C(=O)OC(C)(C)C)[C@@H]1CO[Si](C)(C)C(C)(C)C. The highest BCUT2D eigenvalue weighted by Crippen LogP contribution is 2.37. The Labute approximate surface area is 208 Å². The first kappa shape index (κ1) is 28.9. The van der Waals surface area contributed by atoms with E-state index in [9.17, 15) is 19.3 Å². The lowest BCUT2D eigenvalue weighted by Crippen LogP contribution is -2.59. The van der Waals surface area contributed by atoms with Crippen molar-refractivity contribution in [3.05, 3.63) is 45.8 Å². The third-order valence-electron chi connectivity index (χ3n) is 6.46. The van der Waals surface area contributed by atoms with Crippen molar-refractivity contribution in [3.8, 4) is 0 Å². The van der Waals surface area contributed by atoms with Crippen molar-refractivity contribution in [2.45, 2.75) is 90.4 Å². The molecule has 1 aromatic rings. The number of hydrogen-bond donors (Lipinski definition) is 0. The molecule has 35 heavy (non-hydrogen) atoms. The van der Waals surface area contributed by atoms with E-state index in [1.165, 1.54) is 18.2 Å². The zero-order chi connectivity index (χ0) is 26.8. The maximum absolute atomic E-state index is 14.3.